The van der Waals surface area contributed by atoms with Gasteiger partial charge in [0, 0.05) is 6.92 Å². The fraction of sp³-hybridized carbons (Fsp3) is 0.846. The van der Waals surface area contributed by atoms with Gasteiger partial charge in [0.25, 0.3) is 0 Å². The Morgan fingerprint density at radius 2 is 1.80 bits per heavy atom. The molecule has 0 radical (unpaired) electrons. The Morgan fingerprint density at radius 1 is 1.20 bits per heavy atom. The maximum atomic E-state index is 12.0. The van der Waals surface area contributed by atoms with Crippen LogP contribution in [0.5, 0.6) is 0 Å². The van der Waals surface area contributed by atoms with E-state index in [9.17, 15) is 18.0 Å². The van der Waals surface area contributed by atoms with E-state index >= 15 is 0 Å². The van der Waals surface area contributed by atoms with Crippen molar-refractivity contribution in [1.82, 2.24) is 5.32 Å². The molecule has 0 aliphatic rings. The van der Waals surface area contributed by atoms with Crippen molar-refractivity contribution in [2.75, 3.05) is 11.5 Å². The molecular weight excluding hydrogens is 282 g/mol. The summed E-state index contributed by atoms with van der Waals surface area (Å²) < 4.78 is 24.1. The van der Waals surface area contributed by atoms with Crippen molar-refractivity contribution in [3.05, 3.63) is 0 Å². The summed E-state index contributed by atoms with van der Waals surface area (Å²) in [6.45, 7) is 5.13. The van der Waals surface area contributed by atoms with Crippen molar-refractivity contribution in [3.63, 3.8) is 0 Å². The Morgan fingerprint density at radius 3 is 2.20 bits per heavy atom. The number of hydrogen-bond acceptors (Lipinski definition) is 4. The maximum absolute atomic E-state index is 12.0. The molecule has 0 aromatic rings. The van der Waals surface area contributed by atoms with Crippen LogP contribution in [0.2, 0.25) is 0 Å². The van der Waals surface area contributed by atoms with Gasteiger partial charge in [-0.05, 0) is 12.3 Å². The minimum Gasteiger partial charge on any atom is -0.480 e. The Kier molecular flexibility index (Phi) is 8.45. The lowest BCUT2D eigenvalue weighted by Gasteiger charge is -2.17. The van der Waals surface area contributed by atoms with Crippen LogP contribution < -0.4 is 5.32 Å². The number of hydrogen-bond donors (Lipinski definition) is 2. The van der Waals surface area contributed by atoms with Gasteiger partial charge in [0.2, 0.25) is 5.91 Å². The Balaban J connectivity index is 4.68. The number of aliphatic carboxylic acids is 1. The molecule has 0 aliphatic carbocycles. The molecule has 0 spiro atoms. The van der Waals surface area contributed by atoms with Crippen LogP contribution in [-0.2, 0) is 19.4 Å². The first-order valence-electron chi connectivity index (χ1n) is 6.92. The average Bonchev–Trinajstić information content (AvgIpc) is 2.32. The molecule has 1 amide bonds. The fourth-order valence-electron chi connectivity index (χ4n) is 2.00. The third-order valence-corrected chi connectivity index (χ3v) is 4.95. The normalized spacial score (nSPS) is 14.6. The predicted octanol–water partition coefficient (Wildman–Crippen LogP) is 1.21. The summed E-state index contributed by atoms with van der Waals surface area (Å²) >= 11 is 0. The standard InChI is InChI=1S/C13H25NO5S/c1-4-6-7-11(5-2)8-20(18,19)9-12(13(16)17)14-10(3)15/h11-12H,4-9H2,1-3H3,(H,14,15)(H,16,17)/t11?,12-/m0/s1. The minimum absolute atomic E-state index is 0.0210. The average molecular weight is 307 g/mol. The fourth-order valence-corrected chi connectivity index (χ4v) is 3.99. The van der Waals surface area contributed by atoms with E-state index in [0.717, 1.165) is 25.7 Å². The molecule has 7 heteroatoms. The lowest BCUT2D eigenvalue weighted by Crippen LogP contribution is -2.45. The number of rotatable bonds is 10. The molecule has 2 atom stereocenters. The van der Waals surface area contributed by atoms with Crippen molar-refractivity contribution in [1.29, 1.82) is 0 Å². The van der Waals surface area contributed by atoms with E-state index in [2.05, 4.69) is 5.32 Å². The number of carboxylic acids is 1. The van der Waals surface area contributed by atoms with Gasteiger partial charge in [0.15, 0.2) is 9.84 Å². The second-order valence-electron chi connectivity index (χ2n) is 5.08. The number of nitrogens with one attached hydrogen (secondary N) is 1. The number of carbonyl (C=O) groups excluding carboxylic acids is 1. The van der Waals surface area contributed by atoms with Gasteiger partial charge in [-0.2, -0.15) is 0 Å². The third-order valence-electron chi connectivity index (χ3n) is 3.13. The molecule has 1 unspecified atom stereocenters. The largest absolute Gasteiger partial charge is 0.480 e. The number of unbranched alkanes of at least 4 members (excludes halogenated alkanes) is 1. The summed E-state index contributed by atoms with van der Waals surface area (Å²) in [7, 11) is -3.51. The highest BCUT2D eigenvalue weighted by Crippen LogP contribution is 2.16. The van der Waals surface area contributed by atoms with E-state index in [-0.39, 0.29) is 11.7 Å². The zero-order chi connectivity index (χ0) is 15.8. The van der Waals surface area contributed by atoms with Gasteiger partial charge >= 0.3 is 5.97 Å². The SMILES string of the molecule is CCCCC(CC)CS(=O)(=O)C[C@H](NC(C)=O)C(=O)O. The van der Waals surface area contributed by atoms with E-state index in [1.165, 1.54) is 6.92 Å². The summed E-state index contributed by atoms with van der Waals surface area (Å²) in [5.74, 6) is -2.40. The first-order chi connectivity index (χ1) is 9.21. The second kappa shape index (κ2) is 8.94. The molecule has 0 bridgehead atoms. The van der Waals surface area contributed by atoms with E-state index < -0.39 is 33.5 Å². The van der Waals surface area contributed by atoms with Crippen molar-refractivity contribution in [3.8, 4) is 0 Å². The molecule has 118 valence electrons. The van der Waals surface area contributed by atoms with Crippen LogP contribution in [0.3, 0.4) is 0 Å². The first-order valence-corrected chi connectivity index (χ1v) is 8.74. The van der Waals surface area contributed by atoms with Crippen molar-refractivity contribution in [2.45, 2.75) is 52.5 Å². The van der Waals surface area contributed by atoms with Crippen LogP contribution in [0, 0.1) is 5.92 Å². The molecule has 0 aromatic carbocycles. The van der Waals surface area contributed by atoms with Gasteiger partial charge in [-0.25, -0.2) is 13.2 Å². The summed E-state index contributed by atoms with van der Waals surface area (Å²) in [5, 5.41) is 11.1. The lowest BCUT2D eigenvalue weighted by molar-refractivity contribution is -0.140. The predicted molar refractivity (Wildman–Crippen MR) is 77.2 cm³/mol. The molecule has 0 heterocycles. The third kappa shape index (κ3) is 8.14. The van der Waals surface area contributed by atoms with Crippen LogP contribution in [0.15, 0.2) is 0 Å². The highest BCUT2D eigenvalue weighted by molar-refractivity contribution is 7.91. The Hall–Kier alpha value is -1.11. The maximum Gasteiger partial charge on any atom is 0.327 e. The number of carbonyl (C=O) groups is 2. The van der Waals surface area contributed by atoms with Gasteiger partial charge in [-0.3, -0.25) is 4.79 Å². The van der Waals surface area contributed by atoms with Crippen LogP contribution in [0.4, 0.5) is 0 Å². The Labute approximate surface area is 120 Å². The molecule has 2 N–H and O–H groups in total. The van der Waals surface area contributed by atoms with Gasteiger partial charge in [-0.15, -0.1) is 0 Å². The van der Waals surface area contributed by atoms with E-state index in [0.29, 0.717) is 0 Å². The lowest BCUT2D eigenvalue weighted by atomic mass is 10.0. The highest BCUT2D eigenvalue weighted by atomic mass is 32.2. The van der Waals surface area contributed by atoms with Gasteiger partial charge < -0.3 is 10.4 Å². The first kappa shape index (κ1) is 18.9. The summed E-state index contributed by atoms with van der Waals surface area (Å²) in [4.78, 5) is 21.9. The number of sulfone groups is 1. The zero-order valence-corrected chi connectivity index (χ0v) is 13.2. The smallest absolute Gasteiger partial charge is 0.327 e. The molecule has 0 aliphatic heterocycles. The van der Waals surface area contributed by atoms with Gasteiger partial charge in [0.05, 0.1) is 11.5 Å². The van der Waals surface area contributed by atoms with Crippen LogP contribution in [-0.4, -0.2) is 42.9 Å². The quantitative estimate of drug-likeness (QED) is 0.632. The molecule has 0 aromatic heterocycles. The molecular formula is C13H25NO5S. The van der Waals surface area contributed by atoms with E-state index in [4.69, 9.17) is 5.11 Å². The van der Waals surface area contributed by atoms with Crippen molar-refractivity contribution >= 4 is 21.7 Å². The minimum atomic E-state index is -3.51. The molecule has 20 heavy (non-hydrogen) atoms. The molecule has 6 nitrogen and oxygen atoms in total. The Bertz CT molecular complexity index is 418. The number of carboxylic acid groups (broad SMARTS) is 1. The van der Waals surface area contributed by atoms with Gasteiger partial charge in [0.1, 0.15) is 6.04 Å². The van der Waals surface area contributed by atoms with Crippen LogP contribution >= 0.6 is 0 Å². The molecule has 0 fully saturated rings. The van der Waals surface area contributed by atoms with Crippen molar-refractivity contribution in [2.24, 2.45) is 5.92 Å². The summed E-state index contributed by atoms with van der Waals surface area (Å²) in [6, 6.07) is -1.37. The van der Waals surface area contributed by atoms with Crippen molar-refractivity contribution < 1.29 is 23.1 Å². The zero-order valence-electron chi connectivity index (χ0n) is 12.4. The van der Waals surface area contributed by atoms with E-state index in [1.807, 2.05) is 13.8 Å². The van der Waals surface area contributed by atoms with Gasteiger partial charge in [-0.1, -0.05) is 33.1 Å². The molecule has 0 rings (SSSR count). The van der Waals surface area contributed by atoms with E-state index in [1.54, 1.807) is 0 Å². The van der Waals surface area contributed by atoms with Crippen LogP contribution in [0.1, 0.15) is 46.5 Å². The summed E-state index contributed by atoms with van der Waals surface area (Å²) in [5.41, 5.74) is 0. The second-order valence-corrected chi connectivity index (χ2v) is 7.24. The topological polar surface area (TPSA) is 101 Å². The number of amides is 1. The molecule has 0 saturated heterocycles. The monoisotopic (exact) mass is 307 g/mol. The summed E-state index contributed by atoms with van der Waals surface area (Å²) in [6.07, 6.45) is 3.53. The highest BCUT2D eigenvalue weighted by Gasteiger charge is 2.27. The van der Waals surface area contributed by atoms with Crippen LogP contribution in [0.25, 0.3) is 0 Å². The molecule has 0 saturated carbocycles.